The second kappa shape index (κ2) is 10.3. The van der Waals surface area contributed by atoms with Crippen LogP contribution in [0, 0.1) is 0 Å². The van der Waals surface area contributed by atoms with Crippen molar-refractivity contribution in [3.05, 3.63) is 35.9 Å². The van der Waals surface area contributed by atoms with E-state index in [9.17, 15) is 19.5 Å². The molecule has 7 nitrogen and oxygen atoms in total. The molecule has 1 amide bonds. The molecule has 2 atom stereocenters. The smallest absolute Gasteiger partial charge is 0.550 e. The van der Waals surface area contributed by atoms with E-state index in [1.54, 1.807) is 24.3 Å². The van der Waals surface area contributed by atoms with Crippen LogP contribution in [-0.2, 0) is 25.5 Å². The van der Waals surface area contributed by atoms with Crippen molar-refractivity contribution < 1.29 is 53.8 Å². The van der Waals surface area contributed by atoms with Crippen molar-refractivity contribution in [2.45, 2.75) is 24.9 Å². The van der Waals surface area contributed by atoms with Crippen molar-refractivity contribution >= 4 is 17.8 Å². The number of carbonyl (C=O) groups excluding carboxylic acids is 3. The van der Waals surface area contributed by atoms with Crippen LogP contribution >= 0.6 is 0 Å². The van der Waals surface area contributed by atoms with Crippen molar-refractivity contribution in [3.8, 4) is 0 Å². The van der Waals surface area contributed by atoms with E-state index in [4.69, 9.17) is 5.73 Å². The molecule has 8 heteroatoms. The van der Waals surface area contributed by atoms with Gasteiger partial charge < -0.3 is 25.7 Å². The first-order valence-electron chi connectivity index (χ1n) is 6.31. The molecule has 0 aliphatic carbocycles. The molecule has 0 saturated carbocycles. The number of carboxylic acids is 1. The molecule has 3 N–H and O–H groups in total. The number of ether oxygens (including phenoxy) is 1. The molecule has 0 fully saturated rings. The molecule has 0 aliphatic heterocycles. The van der Waals surface area contributed by atoms with Crippen molar-refractivity contribution in [1.29, 1.82) is 0 Å². The summed E-state index contributed by atoms with van der Waals surface area (Å²) < 4.78 is 4.62. The Morgan fingerprint density at radius 2 is 1.86 bits per heavy atom. The minimum atomic E-state index is -1.43. The summed E-state index contributed by atoms with van der Waals surface area (Å²) in [6, 6.07) is 6.80. The number of carbonyl (C=O) groups is 3. The summed E-state index contributed by atoms with van der Waals surface area (Å²) in [5.41, 5.74) is 6.24. The second-order valence-corrected chi connectivity index (χ2v) is 4.46. The number of nitrogens with two attached hydrogens (primary N) is 1. The molecule has 0 radical (unpaired) electrons. The zero-order valence-corrected chi connectivity index (χ0v) is 14.6. The van der Waals surface area contributed by atoms with Crippen LogP contribution in [0.2, 0.25) is 0 Å². The van der Waals surface area contributed by atoms with E-state index in [-0.39, 0.29) is 36.0 Å². The number of methoxy groups -OCH3 is 1. The van der Waals surface area contributed by atoms with Crippen molar-refractivity contribution in [3.63, 3.8) is 0 Å². The molecule has 0 aromatic heterocycles. The maximum Gasteiger partial charge on any atom is 1.00 e. The largest absolute Gasteiger partial charge is 1.00 e. The van der Waals surface area contributed by atoms with Gasteiger partial charge in [0.1, 0.15) is 6.04 Å². The van der Waals surface area contributed by atoms with Gasteiger partial charge in [0.25, 0.3) is 0 Å². The molecule has 0 spiro atoms. The molecule has 1 aromatic rings. The van der Waals surface area contributed by atoms with Crippen LogP contribution in [0.15, 0.2) is 30.3 Å². The topological polar surface area (TPSA) is 122 Å². The Hall–Kier alpha value is -1.41. The molecule has 1 aromatic carbocycles. The average molecular weight is 316 g/mol. The summed E-state index contributed by atoms with van der Waals surface area (Å²) in [7, 11) is 1.20. The summed E-state index contributed by atoms with van der Waals surface area (Å²) in [4.78, 5) is 33.9. The van der Waals surface area contributed by atoms with Crippen LogP contribution in [0.4, 0.5) is 0 Å². The Balaban J connectivity index is 0.00000441. The van der Waals surface area contributed by atoms with Crippen LogP contribution in [0.3, 0.4) is 0 Å². The Labute approximate surface area is 150 Å². The number of hydrogen-bond donors (Lipinski definition) is 2. The number of esters is 1. The second-order valence-electron chi connectivity index (χ2n) is 4.46. The van der Waals surface area contributed by atoms with Gasteiger partial charge in [-0.1, -0.05) is 30.3 Å². The number of nitrogens with one attached hydrogen (secondary N) is 1. The van der Waals surface area contributed by atoms with Gasteiger partial charge >= 0.3 is 35.5 Å². The van der Waals surface area contributed by atoms with E-state index in [1.165, 1.54) is 7.11 Å². The Bertz CT molecular complexity index is 509. The summed E-state index contributed by atoms with van der Waals surface area (Å²) in [5.74, 6) is -2.81. The zero-order valence-electron chi connectivity index (χ0n) is 12.6. The van der Waals surface area contributed by atoms with Crippen LogP contribution in [-0.4, -0.2) is 37.0 Å². The quantitative estimate of drug-likeness (QED) is 0.385. The number of aliphatic carboxylic acids is 1. The Morgan fingerprint density at radius 3 is 2.36 bits per heavy atom. The Kier molecular flexibility index (Phi) is 9.68. The number of benzene rings is 1. The summed E-state index contributed by atoms with van der Waals surface area (Å²) in [6.07, 6.45) is -0.400. The molecule has 1 rings (SSSR count). The SMILES string of the molecule is COC(=O)C(Cc1ccccc1)NC(=O)C(N)CC(=O)[O-].[Na+]. The minimum Gasteiger partial charge on any atom is -0.550 e. The van der Waals surface area contributed by atoms with Gasteiger partial charge in [0.2, 0.25) is 5.91 Å². The summed E-state index contributed by atoms with van der Waals surface area (Å²) in [5, 5.41) is 12.8. The van der Waals surface area contributed by atoms with Crippen LogP contribution in [0.25, 0.3) is 0 Å². The predicted octanol–water partition coefficient (Wildman–Crippen LogP) is -4.64. The zero-order chi connectivity index (χ0) is 15.8. The molecular formula is C14H17N2NaO5. The third kappa shape index (κ3) is 7.04. The number of hydrogen-bond acceptors (Lipinski definition) is 6. The molecule has 2 unspecified atom stereocenters. The first-order valence-corrected chi connectivity index (χ1v) is 6.31. The van der Waals surface area contributed by atoms with Gasteiger partial charge in [-0.25, -0.2) is 4.79 Å². The van der Waals surface area contributed by atoms with Gasteiger partial charge in [0, 0.05) is 18.8 Å². The standard InChI is InChI=1S/C14H18N2O5.Na/c1-21-14(20)11(7-9-5-3-2-4-6-9)16-13(19)10(15)8-12(17)18;/h2-6,10-11H,7-8,15H2,1H3,(H,16,19)(H,17,18);/q;+1/p-1. The molecule has 0 heterocycles. The van der Waals surface area contributed by atoms with E-state index in [2.05, 4.69) is 10.1 Å². The fourth-order valence-electron chi connectivity index (χ4n) is 1.74. The third-order valence-electron chi connectivity index (χ3n) is 2.81. The van der Waals surface area contributed by atoms with E-state index in [0.29, 0.717) is 0 Å². The van der Waals surface area contributed by atoms with E-state index in [1.807, 2.05) is 6.07 Å². The maximum atomic E-state index is 11.8. The molecule has 0 aliphatic rings. The van der Waals surface area contributed by atoms with Gasteiger partial charge in [-0.2, -0.15) is 0 Å². The third-order valence-corrected chi connectivity index (χ3v) is 2.81. The molecular weight excluding hydrogens is 299 g/mol. The monoisotopic (exact) mass is 316 g/mol. The van der Waals surface area contributed by atoms with E-state index >= 15 is 0 Å². The van der Waals surface area contributed by atoms with E-state index in [0.717, 1.165) is 5.56 Å². The fraction of sp³-hybridized carbons (Fsp3) is 0.357. The summed E-state index contributed by atoms with van der Waals surface area (Å²) >= 11 is 0. The fourth-order valence-corrected chi connectivity index (χ4v) is 1.74. The van der Waals surface area contributed by atoms with Crippen LogP contribution in [0.1, 0.15) is 12.0 Å². The normalized spacial score (nSPS) is 12.5. The summed E-state index contributed by atoms with van der Waals surface area (Å²) in [6.45, 7) is 0. The number of carboxylic acid groups (broad SMARTS) is 1. The van der Waals surface area contributed by atoms with Crippen molar-refractivity contribution in [2.75, 3.05) is 7.11 Å². The van der Waals surface area contributed by atoms with Gasteiger partial charge in [-0.3, -0.25) is 4.79 Å². The first kappa shape index (κ1) is 20.6. The van der Waals surface area contributed by atoms with Crippen LogP contribution < -0.4 is 45.7 Å². The average Bonchev–Trinajstić information content (AvgIpc) is 2.46. The van der Waals surface area contributed by atoms with Gasteiger partial charge in [-0.15, -0.1) is 0 Å². The van der Waals surface area contributed by atoms with Crippen molar-refractivity contribution in [2.24, 2.45) is 5.73 Å². The molecule has 0 bridgehead atoms. The Morgan fingerprint density at radius 1 is 1.27 bits per heavy atom. The maximum absolute atomic E-state index is 11.8. The van der Waals surface area contributed by atoms with Crippen molar-refractivity contribution in [1.82, 2.24) is 5.32 Å². The molecule has 0 saturated heterocycles. The first-order chi connectivity index (χ1) is 9.93. The van der Waals surface area contributed by atoms with Gasteiger partial charge in [0.15, 0.2) is 0 Å². The molecule has 114 valence electrons. The van der Waals surface area contributed by atoms with Crippen LogP contribution in [0.5, 0.6) is 0 Å². The van der Waals surface area contributed by atoms with E-state index < -0.39 is 36.4 Å². The van der Waals surface area contributed by atoms with Gasteiger partial charge in [-0.05, 0) is 5.56 Å². The minimum absolute atomic E-state index is 0. The number of amides is 1. The number of rotatable bonds is 7. The predicted molar refractivity (Wildman–Crippen MR) is 71.7 cm³/mol. The van der Waals surface area contributed by atoms with Gasteiger partial charge in [0.05, 0.1) is 13.2 Å². The molecule has 22 heavy (non-hydrogen) atoms.